The highest BCUT2D eigenvalue weighted by molar-refractivity contribution is 5.97. The summed E-state index contributed by atoms with van der Waals surface area (Å²) >= 11 is 0. The van der Waals surface area contributed by atoms with Gasteiger partial charge in [-0.2, -0.15) is 0 Å². The summed E-state index contributed by atoms with van der Waals surface area (Å²) in [5.74, 6) is 0.661. The smallest absolute Gasteiger partial charge is 0.251 e. The van der Waals surface area contributed by atoms with E-state index >= 15 is 0 Å². The molecule has 2 rings (SSSR count). The highest BCUT2D eigenvalue weighted by Crippen LogP contribution is 2.25. The number of nitrogens with one attached hydrogen (secondary N) is 2. The zero-order valence-corrected chi connectivity index (χ0v) is 12.0. The first-order valence-corrected chi connectivity index (χ1v) is 7.40. The molecule has 0 spiro atoms. The largest absolute Gasteiger partial charge is 0.385 e. The number of amides is 1. The molecule has 3 heteroatoms. The number of hydrogen-bond donors (Lipinski definition) is 2. The molecule has 2 N–H and O–H groups in total. The van der Waals surface area contributed by atoms with Crippen LogP contribution in [0.2, 0.25) is 0 Å². The number of rotatable bonds is 5. The third-order valence-electron chi connectivity index (χ3n) is 4.05. The summed E-state index contributed by atoms with van der Waals surface area (Å²) in [6.07, 6.45) is 4.33. The van der Waals surface area contributed by atoms with E-state index in [9.17, 15) is 4.79 Å². The summed E-state index contributed by atoms with van der Waals surface area (Å²) in [5, 5.41) is 6.45. The normalized spacial score (nSPS) is 13.8. The minimum Gasteiger partial charge on any atom is -0.385 e. The first-order valence-electron chi connectivity index (χ1n) is 7.40. The summed E-state index contributed by atoms with van der Waals surface area (Å²) in [6, 6.07) is 5.96. The summed E-state index contributed by atoms with van der Waals surface area (Å²) in [5.41, 5.74) is 3.15. The van der Waals surface area contributed by atoms with Crippen molar-refractivity contribution in [3.8, 4) is 0 Å². The van der Waals surface area contributed by atoms with Crippen molar-refractivity contribution in [2.45, 2.75) is 39.5 Å². The molecule has 1 aromatic carbocycles. The minimum atomic E-state index is 0.0763. The van der Waals surface area contributed by atoms with E-state index in [0.29, 0.717) is 5.92 Å². The fourth-order valence-electron chi connectivity index (χ4n) is 2.63. The quantitative estimate of drug-likeness (QED) is 0.853. The van der Waals surface area contributed by atoms with E-state index in [0.717, 1.165) is 50.0 Å². The second kappa shape index (κ2) is 6.60. The van der Waals surface area contributed by atoms with E-state index in [4.69, 9.17) is 0 Å². The van der Waals surface area contributed by atoms with E-state index < -0.39 is 0 Å². The standard InChI is InChI=1S/C16H24N2O/c1-3-12(4-2)11-18-16(19)14-7-5-9-15-13(14)8-6-10-17-15/h5,7,9,12,17H,3-4,6,8,10-11H2,1-2H3,(H,18,19). The number of anilines is 1. The van der Waals surface area contributed by atoms with Crippen LogP contribution in [0.1, 0.15) is 49.0 Å². The highest BCUT2D eigenvalue weighted by atomic mass is 16.1. The SMILES string of the molecule is CCC(CC)CNC(=O)c1cccc2c1CCCN2. The van der Waals surface area contributed by atoms with Crippen molar-refractivity contribution in [2.75, 3.05) is 18.4 Å². The van der Waals surface area contributed by atoms with Gasteiger partial charge in [-0.15, -0.1) is 0 Å². The van der Waals surface area contributed by atoms with Gasteiger partial charge >= 0.3 is 0 Å². The van der Waals surface area contributed by atoms with Gasteiger partial charge in [-0.05, 0) is 36.5 Å². The predicted octanol–water partition coefficient (Wildman–Crippen LogP) is 3.21. The minimum absolute atomic E-state index is 0.0763. The van der Waals surface area contributed by atoms with Gasteiger partial charge in [-0.1, -0.05) is 32.8 Å². The molecular weight excluding hydrogens is 236 g/mol. The topological polar surface area (TPSA) is 41.1 Å². The van der Waals surface area contributed by atoms with Gasteiger partial charge in [0.1, 0.15) is 0 Å². The third-order valence-corrected chi connectivity index (χ3v) is 4.05. The zero-order valence-electron chi connectivity index (χ0n) is 12.0. The van der Waals surface area contributed by atoms with Crippen LogP contribution in [0.25, 0.3) is 0 Å². The van der Waals surface area contributed by atoms with Crippen molar-refractivity contribution in [1.29, 1.82) is 0 Å². The van der Waals surface area contributed by atoms with Crippen molar-refractivity contribution in [3.63, 3.8) is 0 Å². The Morgan fingerprint density at radius 2 is 2.16 bits per heavy atom. The Morgan fingerprint density at radius 1 is 1.37 bits per heavy atom. The summed E-state index contributed by atoms with van der Waals surface area (Å²) in [4.78, 5) is 12.3. The molecule has 0 aliphatic carbocycles. The molecule has 1 aromatic rings. The fourth-order valence-corrected chi connectivity index (χ4v) is 2.63. The van der Waals surface area contributed by atoms with Gasteiger partial charge in [0.25, 0.3) is 5.91 Å². The molecule has 0 saturated heterocycles. The van der Waals surface area contributed by atoms with Crippen LogP contribution in [-0.4, -0.2) is 19.0 Å². The highest BCUT2D eigenvalue weighted by Gasteiger charge is 2.17. The number of carbonyl (C=O) groups is 1. The molecule has 0 radical (unpaired) electrons. The van der Waals surface area contributed by atoms with Crippen molar-refractivity contribution >= 4 is 11.6 Å². The average molecular weight is 260 g/mol. The Labute approximate surface area is 115 Å². The molecule has 1 amide bonds. The van der Waals surface area contributed by atoms with Crippen LogP contribution in [0, 0.1) is 5.92 Å². The van der Waals surface area contributed by atoms with Crippen LogP contribution < -0.4 is 10.6 Å². The van der Waals surface area contributed by atoms with Crippen molar-refractivity contribution < 1.29 is 4.79 Å². The molecule has 104 valence electrons. The maximum Gasteiger partial charge on any atom is 0.251 e. The van der Waals surface area contributed by atoms with Crippen LogP contribution in [0.5, 0.6) is 0 Å². The van der Waals surface area contributed by atoms with Crippen molar-refractivity contribution in [3.05, 3.63) is 29.3 Å². The molecule has 0 atom stereocenters. The number of fused-ring (bicyclic) bond motifs is 1. The van der Waals surface area contributed by atoms with Crippen molar-refractivity contribution in [2.24, 2.45) is 5.92 Å². The van der Waals surface area contributed by atoms with E-state index in [1.165, 1.54) is 5.56 Å². The molecule has 0 fully saturated rings. The van der Waals surface area contributed by atoms with Crippen LogP contribution in [0.4, 0.5) is 5.69 Å². The summed E-state index contributed by atoms with van der Waals surface area (Å²) in [7, 11) is 0. The van der Waals surface area contributed by atoms with E-state index in [1.54, 1.807) is 0 Å². The van der Waals surface area contributed by atoms with Gasteiger partial charge in [0.2, 0.25) is 0 Å². The molecule has 0 unspecified atom stereocenters. The second-order valence-electron chi connectivity index (χ2n) is 5.25. The lowest BCUT2D eigenvalue weighted by Crippen LogP contribution is -2.30. The molecule has 0 bridgehead atoms. The number of benzene rings is 1. The molecular formula is C16H24N2O. The Bertz CT molecular complexity index is 438. The van der Waals surface area contributed by atoms with Gasteiger partial charge in [0, 0.05) is 24.3 Å². The Morgan fingerprint density at radius 3 is 2.89 bits per heavy atom. The van der Waals surface area contributed by atoms with E-state index in [1.807, 2.05) is 12.1 Å². The number of carbonyl (C=O) groups excluding carboxylic acids is 1. The molecule has 1 aliphatic rings. The van der Waals surface area contributed by atoms with E-state index in [2.05, 4.69) is 30.5 Å². The van der Waals surface area contributed by atoms with Gasteiger partial charge in [-0.25, -0.2) is 0 Å². The Balaban J connectivity index is 2.07. The monoisotopic (exact) mass is 260 g/mol. The lowest BCUT2D eigenvalue weighted by molar-refractivity contribution is 0.0945. The number of hydrogen-bond acceptors (Lipinski definition) is 2. The van der Waals surface area contributed by atoms with Crippen LogP contribution >= 0.6 is 0 Å². The van der Waals surface area contributed by atoms with Crippen molar-refractivity contribution in [1.82, 2.24) is 5.32 Å². The lowest BCUT2D eigenvalue weighted by atomic mass is 9.97. The molecule has 0 aromatic heterocycles. The first kappa shape index (κ1) is 13.9. The summed E-state index contributed by atoms with van der Waals surface area (Å²) < 4.78 is 0. The molecule has 0 saturated carbocycles. The Hall–Kier alpha value is -1.51. The van der Waals surface area contributed by atoms with Crippen LogP contribution in [0.15, 0.2) is 18.2 Å². The lowest BCUT2D eigenvalue weighted by Gasteiger charge is -2.21. The average Bonchev–Trinajstić information content (AvgIpc) is 2.47. The van der Waals surface area contributed by atoms with Crippen LogP contribution in [-0.2, 0) is 6.42 Å². The molecule has 19 heavy (non-hydrogen) atoms. The Kier molecular flexibility index (Phi) is 4.83. The van der Waals surface area contributed by atoms with Gasteiger partial charge in [0.05, 0.1) is 0 Å². The maximum atomic E-state index is 12.3. The predicted molar refractivity (Wildman–Crippen MR) is 79.7 cm³/mol. The molecule has 1 heterocycles. The maximum absolute atomic E-state index is 12.3. The second-order valence-corrected chi connectivity index (χ2v) is 5.25. The van der Waals surface area contributed by atoms with E-state index in [-0.39, 0.29) is 5.91 Å². The molecule has 3 nitrogen and oxygen atoms in total. The van der Waals surface area contributed by atoms with Gasteiger partial charge < -0.3 is 10.6 Å². The summed E-state index contributed by atoms with van der Waals surface area (Å²) in [6.45, 7) is 6.14. The fraction of sp³-hybridized carbons (Fsp3) is 0.562. The zero-order chi connectivity index (χ0) is 13.7. The molecule has 1 aliphatic heterocycles. The van der Waals surface area contributed by atoms with Crippen LogP contribution in [0.3, 0.4) is 0 Å². The first-order chi connectivity index (χ1) is 9.26. The third kappa shape index (κ3) is 3.28. The van der Waals surface area contributed by atoms with Gasteiger partial charge in [-0.3, -0.25) is 4.79 Å². The van der Waals surface area contributed by atoms with Gasteiger partial charge in [0.15, 0.2) is 0 Å².